The van der Waals surface area contributed by atoms with Crippen molar-refractivity contribution in [3.63, 3.8) is 0 Å². The van der Waals surface area contributed by atoms with Gasteiger partial charge in [-0.05, 0) is 26.8 Å². The predicted octanol–water partition coefficient (Wildman–Crippen LogP) is 2.02. The molecule has 0 bridgehead atoms. The third-order valence-corrected chi connectivity index (χ3v) is 3.13. The van der Waals surface area contributed by atoms with E-state index >= 15 is 0 Å². The molecule has 5 heteroatoms. The zero-order valence-corrected chi connectivity index (χ0v) is 11.8. The SMILES string of the molecule is CCn1nc(-c2cccc(C)c2)c(C(C)=O)c(N)c1=O. The molecule has 0 aliphatic rings. The number of carbonyl (C=O) groups excluding carboxylic acids is 1. The molecule has 2 N–H and O–H groups in total. The van der Waals surface area contributed by atoms with Gasteiger partial charge in [-0.25, -0.2) is 4.68 Å². The molecule has 0 fully saturated rings. The van der Waals surface area contributed by atoms with Crippen LogP contribution in [-0.2, 0) is 6.54 Å². The number of carbonyl (C=O) groups is 1. The van der Waals surface area contributed by atoms with Crippen LogP contribution in [0.3, 0.4) is 0 Å². The lowest BCUT2D eigenvalue weighted by Crippen LogP contribution is -2.28. The van der Waals surface area contributed by atoms with Crippen LogP contribution in [0.15, 0.2) is 29.1 Å². The molecule has 0 unspecified atom stereocenters. The van der Waals surface area contributed by atoms with Crippen LogP contribution in [0, 0.1) is 6.92 Å². The Labute approximate surface area is 117 Å². The Hall–Kier alpha value is -2.43. The van der Waals surface area contributed by atoms with Gasteiger partial charge in [0.25, 0.3) is 5.56 Å². The quantitative estimate of drug-likeness (QED) is 0.866. The molecule has 0 saturated carbocycles. The number of Topliss-reactive ketones (excluding diaryl/α,β-unsaturated/α-hetero) is 1. The summed E-state index contributed by atoms with van der Waals surface area (Å²) in [6, 6.07) is 7.61. The minimum absolute atomic E-state index is 0.0362. The molecule has 104 valence electrons. The Morgan fingerprint density at radius 1 is 1.40 bits per heavy atom. The lowest BCUT2D eigenvalue weighted by Gasteiger charge is -2.12. The Balaban J connectivity index is 2.84. The van der Waals surface area contributed by atoms with Gasteiger partial charge in [0.2, 0.25) is 0 Å². The van der Waals surface area contributed by atoms with Crippen LogP contribution in [0.2, 0.25) is 0 Å². The number of ketones is 1. The van der Waals surface area contributed by atoms with E-state index in [0.29, 0.717) is 12.2 Å². The second-order valence-electron chi connectivity index (χ2n) is 4.68. The molecule has 0 saturated heterocycles. The van der Waals surface area contributed by atoms with E-state index in [-0.39, 0.29) is 17.0 Å². The monoisotopic (exact) mass is 271 g/mol. The number of rotatable bonds is 3. The summed E-state index contributed by atoms with van der Waals surface area (Å²) in [6.45, 7) is 5.56. The maximum atomic E-state index is 12.0. The first-order valence-electron chi connectivity index (χ1n) is 6.44. The number of aryl methyl sites for hydroxylation is 2. The normalized spacial score (nSPS) is 10.6. The minimum atomic E-state index is -0.422. The van der Waals surface area contributed by atoms with Gasteiger partial charge >= 0.3 is 0 Å². The summed E-state index contributed by atoms with van der Waals surface area (Å²) in [6.07, 6.45) is 0. The van der Waals surface area contributed by atoms with Crippen molar-refractivity contribution in [3.8, 4) is 11.3 Å². The summed E-state index contributed by atoms with van der Waals surface area (Å²) in [4.78, 5) is 23.8. The van der Waals surface area contributed by atoms with E-state index in [0.717, 1.165) is 11.1 Å². The van der Waals surface area contributed by atoms with Gasteiger partial charge < -0.3 is 5.73 Å². The number of nitrogens with zero attached hydrogens (tertiary/aromatic N) is 2. The highest BCUT2D eigenvalue weighted by molar-refractivity contribution is 6.04. The smallest absolute Gasteiger partial charge is 0.290 e. The summed E-state index contributed by atoms with van der Waals surface area (Å²) in [7, 11) is 0. The van der Waals surface area contributed by atoms with Gasteiger partial charge in [-0.15, -0.1) is 0 Å². The summed E-state index contributed by atoms with van der Waals surface area (Å²) in [5.74, 6) is -0.258. The zero-order chi connectivity index (χ0) is 14.9. The van der Waals surface area contributed by atoms with Crippen molar-refractivity contribution < 1.29 is 4.79 Å². The maximum absolute atomic E-state index is 12.0. The third kappa shape index (κ3) is 2.34. The molecule has 5 nitrogen and oxygen atoms in total. The van der Waals surface area contributed by atoms with Gasteiger partial charge in [0, 0.05) is 12.1 Å². The van der Waals surface area contributed by atoms with Crippen LogP contribution in [-0.4, -0.2) is 15.6 Å². The van der Waals surface area contributed by atoms with E-state index in [1.54, 1.807) is 6.92 Å². The van der Waals surface area contributed by atoms with Crippen molar-refractivity contribution in [2.75, 3.05) is 5.73 Å². The molecule has 2 aromatic rings. The highest BCUT2D eigenvalue weighted by atomic mass is 16.1. The van der Waals surface area contributed by atoms with Crippen LogP contribution in [0.25, 0.3) is 11.3 Å². The van der Waals surface area contributed by atoms with Gasteiger partial charge in [-0.1, -0.05) is 23.8 Å². The standard InChI is InChI=1S/C15H17N3O2/c1-4-18-15(20)13(16)12(10(3)19)14(17-18)11-7-5-6-9(2)8-11/h5-8H,4,16H2,1-3H3. The van der Waals surface area contributed by atoms with Crippen molar-refractivity contribution in [2.45, 2.75) is 27.3 Å². The molecule has 1 aromatic carbocycles. The topological polar surface area (TPSA) is 78.0 Å². The van der Waals surface area contributed by atoms with Crippen LogP contribution >= 0.6 is 0 Å². The molecule has 0 aliphatic carbocycles. The maximum Gasteiger partial charge on any atom is 0.290 e. The largest absolute Gasteiger partial charge is 0.394 e. The summed E-state index contributed by atoms with van der Waals surface area (Å²) in [5.41, 5.74) is 7.87. The van der Waals surface area contributed by atoms with Gasteiger partial charge in [0.15, 0.2) is 5.78 Å². The van der Waals surface area contributed by atoms with E-state index in [2.05, 4.69) is 5.10 Å². The summed E-state index contributed by atoms with van der Waals surface area (Å²) in [5, 5.41) is 4.29. The molecule has 0 amide bonds. The first-order chi connectivity index (χ1) is 9.45. The minimum Gasteiger partial charge on any atom is -0.394 e. The first-order valence-corrected chi connectivity index (χ1v) is 6.44. The Morgan fingerprint density at radius 2 is 2.10 bits per heavy atom. The lowest BCUT2D eigenvalue weighted by atomic mass is 10.0. The second kappa shape index (κ2) is 5.28. The molecule has 20 heavy (non-hydrogen) atoms. The number of benzene rings is 1. The van der Waals surface area contributed by atoms with Crippen LogP contribution in [0.1, 0.15) is 29.8 Å². The number of hydrogen-bond donors (Lipinski definition) is 1. The van der Waals surface area contributed by atoms with E-state index < -0.39 is 5.56 Å². The predicted molar refractivity (Wildman–Crippen MR) is 78.8 cm³/mol. The average molecular weight is 271 g/mol. The summed E-state index contributed by atoms with van der Waals surface area (Å²) >= 11 is 0. The Bertz CT molecular complexity index is 732. The molecule has 0 atom stereocenters. The number of anilines is 1. The van der Waals surface area contributed by atoms with Crippen molar-refractivity contribution >= 4 is 11.5 Å². The van der Waals surface area contributed by atoms with Crippen molar-refractivity contribution in [1.82, 2.24) is 9.78 Å². The van der Waals surface area contributed by atoms with Crippen LogP contribution < -0.4 is 11.3 Å². The molecule has 0 radical (unpaired) electrons. The third-order valence-electron chi connectivity index (χ3n) is 3.13. The molecular weight excluding hydrogens is 254 g/mol. The van der Waals surface area contributed by atoms with E-state index in [4.69, 9.17) is 5.73 Å². The fourth-order valence-corrected chi connectivity index (χ4v) is 2.15. The molecule has 1 heterocycles. The van der Waals surface area contributed by atoms with Gasteiger partial charge in [-0.3, -0.25) is 9.59 Å². The fourth-order valence-electron chi connectivity index (χ4n) is 2.15. The number of hydrogen-bond acceptors (Lipinski definition) is 4. The van der Waals surface area contributed by atoms with Gasteiger partial charge in [-0.2, -0.15) is 5.10 Å². The Morgan fingerprint density at radius 3 is 2.65 bits per heavy atom. The van der Waals surface area contributed by atoms with Gasteiger partial charge in [0.05, 0.1) is 5.56 Å². The second-order valence-corrected chi connectivity index (χ2v) is 4.68. The molecule has 2 rings (SSSR count). The first kappa shape index (κ1) is 14.0. The highest BCUT2D eigenvalue weighted by Gasteiger charge is 2.19. The molecule has 0 spiro atoms. The molecular formula is C15H17N3O2. The number of nitrogen functional groups attached to an aromatic ring is 1. The molecule has 0 aliphatic heterocycles. The fraction of sp³-hybridized carbons (Fsp3) is 0.267. The van der Waals surface area contributed by atoms with Crippen molar-refractivity contribution in [3.05, 3.63) is 45.7 Å². The van der Waals surface area contributed by atoms with Gasteiger partial charge in [0.1, 0.15) is 11.4 Å². The van der Waals surface area contributed by atoms with E-state index in [1.807, 2.05) is 31.2 Å². The summed E-state index contributed by atoms with van der Waals surface area (Å²) < 4.78 is 1.28. The number of nitrogens with two attached hydrogens (primary N) is 1. The van der Waals surface area contributed by atoms with E-state index in [1.165, 1.54) is 11.6 Å². The van der Waals surface area contributed by atoms with Crippen molar-refractivity contribution in [1.29, 1.82) is 0 Å². The molecule has 1 aromatic heterocycles. The van der Waals surface area contributed by atoms with Crippen LogP contribution in [0.4, 0.5) is 5.69 Å². The van der Waals surface area contributed by atoms with E-state index in [9.17, 15) is 9.59 Å². The zero-order valence-electron chi connectivity index (χ0n) is 11.8. The Kier molecular flexibility index (Phi) is 3.70. The number of aromatic nitrogens is 2. The van der Waals surface area contributed by atoms with Crippen molar-refractivity contribution in [2.24, 2.45) is 0 Å². The van der Waals surface area contributed by atoms with Crippen LogP contribution in [0.5, 0.6) is 0 Å². The average Bonchev–Trinajstić information content (AvgIpc) is 2.41. The lowest BCUT2D eigenvalue weighted by molar-refractivity contribution is 0.101. The highest BCUT2D eigenvalue weighted by Crippen LogP contribution is 2.24.